The summed E-state index contributed by atoms with van der Waals surface area (Å²) in [6.45, 7) is 0. The third-order valence-electron chi connectivity index (χ3n) is 1.19. The molecule has 0 amide bonds. The van der Waals surface area contributed by atoms with Crippen molar-refractivity contribution in [3.8, 4) is 9.88 Å². The highest BCUT2D eigenvalue weighted by Crippen LogP contribution is 2.32. The highest BCUT2D eigenvalue weighted by atomic mass is 79.9. The summed E-state index contributed by atoms with van der Waals surface area (Å²) in [6, 6.07) is 4.04. The van der Waals surface area contributed by atoms with Crippen molar-refractivity contribution in [1.82, 2.24) is 9.36 Å². The van der Waals surface area contributed by atoms with Crippen LogP contribution in [0.15, 0.2) is 20.7 Å². The van der Waals surface area contributed by atoms with Gasteiger partial charge in [-0.05, 0) is 55.5 Å². The molecule has 0 radical (unpaired) electrons. The van der Waals surface area contributed by atoms with E-state index in [9.17, 15) is 0 Å². The second kappa shape index (κ2) is 3.53. The van der Waals surface area contributed by atoms with E-state index in [-0.39, 0.29) is 0 Å². The molecule has 0 spiro atoms. The second-order valence-electron chi connectivity index (χ2n) is 1.97. The van der Waals surface area contributed by atoms with E-state index in [1.165, 1.54) is 11.5 Å². The van der Waals surface area contributed by atoms with Gasteiger partial charge >= 0.3 is 0 Å². The molecule has 0 aliphatic carbocycles. The van der Waals surface area contributed by atoms with Crippen molar-refractivity contribution in [3.05, 3.63) is 20.7 Å². The Labute approximate surface area is 94.1 Å². The molecule has 0 atom stereocenters. The third kappa shape index (κ3) is 1.76. The summed E-state index contributed by atoms with van der Waals surface area (Å²) < 4.78 is 5.81. The summed E-state index contributed by atoms with van der Waals surface area (Å²) in [5.41, 5.74) is 0. The highest BCUT2D eigenvalue weighted by molar-refractivity contribution is 9.11. The molecular weight excluding hydrogens is 324 g/mol. The summed E-state index contributed by atoms with van der Waals surface area (Å²) in [6.07, 6.45) is 0. The molecule has 0 saturated heterocycles. The van der Waals surface area contributed by atoms with E-state index >= 15 is 0 Å². The van der Waals surface area contributed by atoms with Crippen LogP contribution >= 0.6 is 54.7 Å². The number of thiophene rings is 1. The Balaban J connectivity index is 2.43. The van der Waals surface area contributed by atoms with Crippen LogP contribution in [0.3, 0.4) is 0 Å². The highest BCUT2D eigenvalue weighted by Gasteiger charge is 2.06. The minimum Gasteiger partial charge on any atom is -0.208 e. The van der Waals surface area contributed by atoms with Crippen LogP contribution in [-0.2, 0) is 0 Å². The Morgan fingerprint density at radius 2 is 2.08 bits per heavy atom. The normalized spacial score (nSPS) is 10.5. The Hall–Kier alpha value is 0.220. The zero-order valence-electron chi connectivity index (χ0n) is 5.62. The molecule has 12 heavy (non-hydrogen) atoms. The van der Waals surface area contributed by atoms with E-state index < -0.39 is 0 Å². The van der Waals surface area contributed by atoms with E-state index in [0.29, 0.717) is 4.73 Å². The lowest BCUT2D eigenvalue weighted by Crippen LogP contribution is -1.66. The standard InChI is InChI=1S/C6H2Br2N2S2/c7-4-2-1-3(11-4)5-9-6(8)10-12-5/h1-2H. The average molecular weight is 326 g/mol. The van der Waals surface area contributed by atoms with Gasteiger partial charge in [-0.3, -0.25) is 0 Å². The number of aromatic nitrogens is 2. The van der Waals surface area contributed by atoms with E-state index in [1.54, 1.807) is 11.3 Å². The lowest BCUT2D eigenvalue weighted by atomic mass is 10.5. The predicted octanol–water partition coefficient (Wildman–Crippen LogP) is 3.79. The van der Waals surface area contributed by atoms with E-state index in [4.69, 9.17) is 0 Å². The smallest absolute Gasteiger partial charge is 0.208 e. The van der Waals surface area contributed by atoms with Crippen LogP contribution in [0.25, 0.3) is 9.88 Å². The monoisotopic (exact) mass is 324 g/mol. The van der Waals surface area contributed by atoms with E-state index in [1.807, 2.05) is 12.1 Å². The Kier molecular flexibility index (Phi) is 2.59. The minimum atomic E-state index is 0.659. The molecule has 0 unspecified atom stereocenters. The maximum atomic E-state index is 4.21. The van der Waals surface area contributed by atoms with Crippen LogP contribution in [-0.4, -0.2) is 9.36 Å². The number of hydrogen-bond acceptors (Lipinski definition) is 4. The van der Waals surface area contributed by atoms with Gasteiger partial charge in [-0.1, -0.05) is 0 Å². The van der Waals surface area contributed by atoms with Crippen LogP contribution in [0.1, 0.15) is 0 Å². The lowest BCUT2D eigenvalue weighted by Gasteiger charge is -1.83. The van der Waals surface area contributed by atoms with Gasteiger partial charge in [-0.25, -0.2) is 4.98 Å². The first-order valence-electron chi connectivity index (χ1n) is 3.00. The second-order valence-corrected chi connectivity index (χ2v) is 5.90. The molecule has 0 aromatic carbocycles. The number of halogens is 2. The van der Waals surface area contributed by atoms with Crippen LogP contribution < -0.4 is 0 Å². The fourth-order valence-corrected chi connectivity index (χ4v) is 3.24. The molecule has 2 nitrogen and oxygen atoms in total. The van der Waals surface area contributed by atoms with Crippen molar-refractivity contribution in [2.45, 2.75) is 0 Å². The van der Waals surface area contributed by atoms with Gasteiger partial charge in [-0.15, -0.1) is 11.3 Å². The van der Waals surface area contributed by atoms with Gasteiger partial charge in [0.15, 0.2) is 5.01 Å². The van der Waals surface area contributed by atoms with Crippen LogP contribution in [0.5, 0.6) is 0 Å². The molecule has 0 bridgehead atoms. The molecular formula is C6H2Br2N2S2. The molecule has 0 aliphatic rings. The first-order chi connectivity index (χ1) is 5.75. The Bertz CT molecular complexity index is 357. The molecule has 6 heteroatoms. The lowest BCUT2D eigenvalue weighted by molar-refractivity contribution is 1.26. The first-order valence-corrected chi connectivity index (χ1v) is 6.18. The topological polar surface area (TPSA) is 25.8 Å². The van der Waals surface area contributed by atoms with Gasteiger partial charge in [0.25, 0.3) is 0 Å². The van der Waals surface area contributed by atoms with Gasteiger partial charge in [0.1, 0.15) is 0 Å². The zero-order chi connectivity index (χ0) is 8.55. The van der Waals surface area contributed by atoms with Crippen molar-refractivity contribution >= 4 is 54.7 Å². The molecule has 2 heterocycles. The molecule has 2 aromatic rings. The van der Waals surface area contributed by atoms with Gasteiger partial charge in [0, 0.05) is 0 Å². The van der Waals surface area contributed by atoms with Crippen molar-refractivity contribution in [2.24, 2.45) is 0 Å². The van der Waals surface area contributed by atoms with Crippen LogP contribution in [0.2, 0.25) is 0 Å². The largest absolute Gasteiger partial charge is 0.209 e. The predicted molar refractivity (Wildman–Crippen MR) is 58.6 cm³/mol. The third-order valence-corrected chi connectivity index (χ3v) is 4.28. The summed E-state index contributed by atoms with van der Waals surface area (Å²) in [5, 5.41) is 0.956. The maximum absolute atomic E-state index is 4.21. The zero-order valence-corrected chi connectivity index (χ0v) is 10.4. The summed E-state index contributed by atoms with van der Waals surface area (Å²) in [5.74, 6) is 0. The molecule has 0 fully saturated rings. The molecule has 2 rings (SSSR count). The fourth-order valence-electron chi connectivity index (χ4n) is 0.735. The first kappa shape index (κ1) is 8.80. The summed E-state index contributed by atoms with van der Waals surface area (Å²) >= 11 is 9.67. The number of rotatable bonds is 1. The fraction of sp³-hybridized carbons (Fsp3) is 0. The summed E-state index contributed by atoms with van der Waals surface area (Å²) in [7, 11) is 0. The van der Waals surface area contributed by atoms with Gasteiger partial charge in [-0.2, -0.15) is 4.37 Å². The quantitative estimate of drug-likeness (QED) is 0.797. The van der Waals surface area contributed by atoms with E-state index in [0.717, 1.165) is 13.7 Å². The average Bonchev–Trinajstić information content (AvgIpc) is 2.58. The van der Waals surface area contributed by atoms with Crippen molar-refractivity contribution < 1.29 is 0 Å². The Morgan fingerprint density at radius 3 is 2.58 bits per heavy atom. The molecule has 2 aromatic heterocycles. The van der Waals surface area contributed by atoms with Crippen molar-refractivity contribution in [1.29, 1.82) is 0 Å². The number of nitrogens with zero attached hydrogens (tertiary/aromatic N) is 2. The molecule has 62 valence electrons. The van der Waals surface area contributed by atoms with Gasteiger partial charge in [0.2, 0.25) is 4.73 Å². The number of hydrogen-bond donors (Lipinski definition) is 0. The molecule has 0 saturated carbocycles. The van der Waals surface area contributed by atoms with Gasteiger partial charge in [0.05, 0.1) is 8.66 Å². The van der Waals surface area contributed by atoms with Gasteiger partial charge < -0.3 is 0 Å². The SMILES string of the molecule is Brc1nsc(-c2ccc(Br)s2)n1. The molecule has 0 N–H and O–H groups in total. The molecule has 0 aliphatic heterocycles. The van der Waals surface area contributed by atoms with Crippen LogP contribution in [0, 0.1) is 0 Å². The van der Waals surface area contributed by atoms with E-state index in [2.05, 4.69) is 41.2 Å². The summed E-state index contributed by atoms with van der Waals surface area (Å²) in [4.78, 5) is 5.35. The maximum Gasteiger partial charge on any atom is 0.209 e. The Morgan fingerprint density at radius 1 is 1.25 bits per heavy atom. The van der Waals surface area contributed by atoms with Crippen LogP contribution in [0.4, 0.5) is 0 Å². The minimum absolute atomic E-state index is 0.659. The van der Waals surface area contributed by atoms with Crippen molar-refractivity contribution in [3.63, 3.8) is 0 Å². The van der Waals surface area contributed by atoms with Crippen molar-refractivity contribution in [2.75, 3.05) is 0 Å².